The van der Waals surface area contributed by atoms with E-state index < -0.39 is 0 Å². The highest BCUT2D eigenvalue weighted by Gasteiger charge is 1.92. The second kappa shape index (κ2) is 5.66. The molecule has 2 heteroatoms. The minimum Gasteiger partial charge on any atom is -0.385 e. The molecule has 14 heavy (non-hydrogen) atoms. The van der Waals surface area contributed by atoms with Crippen molar-refractivity contribution in [1.29, 1.82) is 0 Å². The molecule has 0 heterocycles. The summed E-state index contributed by atoms with van der Waals surface area (Å²) < 4.78 is 0. The Morgan fingerprint density at radius 1 is 1.29 bits per heavy atom. The molecule has 0 aliphatic carbocycles. The van der Waals surface area contributed by atoms with E-state index in [1.54, 1.807) is 0 Å². The van der Waals surface area contributed by atoms with Crippen molar-refractivity contribution >= 4 is 5.69 Å². The van der Waals surface area contributed by atoms with Crippen molar-refractivity contribution in [3.8, 4) is 0 Å². The lowest BCUT2D eigenvalue weighted by Gasteiger charge is -2.10. The van der Waals surface area contributed by atoms with E-state index in [0.29, 0.717) is 0 Å². The number of anilines is 1. The molecule has 0 radical (unpaired) electrons. The SMILES string of the molecule is Cc1cccc(NCCCN(C)C)c1. The Morgan fingerprint density at radius 3 is 2.71 bits per heavy atom. The van der Waals surface area contributed by atoms with Gasteiger partial charge in [0.05, 0.1) is 0 Å². The number of rotatable bonds is 5. The highest BCUT2D eigenvalue weighted by Crippen LogP contribution is 2.08. The second-order valence-electron chi connectivity index (χ2n) is 3.95. The van der Waals surface area contributed by atoms with Gasteiger partial charge in [-0.1, -0.05) is 12.1 Å². The van der Waals surface area contributed by atoms with Gasteiger partial charge in [-0.25, -0.2) is 0 Å². The van der Waals surface area contributed by atoms with Crippen molar-refractivity contribution in [2.45, 2.75) is 13.3 Å². The first-order valence-corrected chi connectivity index (χ1v) is 5.14. The molecule has 2 nitrogen and oxygen atoms in total. The largest absolute Gasteiger partial charge is 0.385 e. The van der Waals surface area contributed by atoms with Crippen molar-refractivity contribution in [3.63, 3.8) is 0 Å². The molecule has 0 atom stereocenters. The van der Waals surface area contributed by atoms with Gasteiger partial charge < -0.3 is 10.2 Å². The van der Waals surface area contributed by atoms with Gasteiger partial charge in [0.1, 0.15) is 0 Å². The number of hydrogen-bond acceptors (Lipinski definition) is 2. The third-order valence-electron chi connectivity index (χ3n) is 2.13. The van der Waals surface area contributed by atoms with Gasteiger partial charge >= 0.3 is 0 Å². The Bertz CT molecular complexity index is 269. The number of benzene rings is 1. The molecule has 0 amide bonds. The van der Waals surface area contributed by atoms with Gasteiger partial charge in [-0.3, -0.25) is 0 Å². The van der Waals surface area contributed by atoms with Crippen LogP contribution >= 0.6 is 0 Å². The molecule has 0 bridgehead atoms. The van der Waals surface area contributed by atoms with Crippen molar-refractivity contribution in [2.24, 2.45) is 0 Å². The van der Waals surface area contributed by atoms with Gasteiger partial charge in [0.2, 0.25) is 0 Å². The van der Waals surface area contributed by atoms with Crippen molar-refractivity contribution in [1.82, 2.24) is 4.90 Å². The summed E-state index contributed by atoms with van der Waals surface area (Å²) >= 11 is 0. The van der Waals surface area contributed by atoms with E-state index in [9.17, 15) is 0 Å². The van der Waals surface area contributed by atoms with Crippen molar-refractivity contribution in [2.75, 3.05) is 32.5 Å². The maximum atomic E-state index is 3.41. The van der Waals surface area contributed by atoms with Crippen LogP contribution in [0, 0.1) is 6.92 Å². The monoisotopic (exact) mass is 192 g/mol. The molecule has 1 N–H and O–H groups in total. The summed E-state index contributed by atoms with van der Waals surface area (Å²) in [6.45, 7) is 4.30. The average molecular weight is 192 g/mol. The predicted molar refractivity (Wildman–Crippen MR) is 62.8 cm³/mol. The van der Waals surface area contributed by atoms with E-state index in [1.807, 2.05) is 0 Å². The van der Waals surface area contributed by atoms with E-state index in [-0.39, 0.29) is 0 Å². The Hall–Kier alpha value is -1.02. The quantitative estimate of drug-likeness (QED) is 0.720. The molecule has 0 aromatic heterocycles. The van der Waals surface area contributed by atoms with Crippen LogP contribution in [-0.4, -0.2) is 32.1 Å². The van der Waals surface area contributed by atoms with Gasteiger partial charge in [-0.15, -0.1) is 0 Å². The molecule has 0 saturated carbocycles. The normalized spacial score (nSPS) is 10.6. The van der Waals surface area contributed by atoms with Crippen LogP contribution in [0.1, 0.15) is 12.0 Å². The Kier molecular flexibility index (Phi) is 4.47. The van der Waals surface area contributed by atoms with Crippen LogP contribution in [0.4, 0.5) is 5.69 Å². The topological polar surface area (TPSA) is 15.3 Å². The fourth-order valence-electron chi connectivity index (χ4n) is 1.38. The molecule has 0 spiro atoms. The average Bonchev–Trinajstić information content (AvgIpc) is 2.12. The number of nitrogens with zero attached hydrogens (tertiary/aromatic N) is 1. The van der Waals surface area contributed by atoms with E-state index in [0.717, 1.165) is 13.1 Å². The summed E-state index contributed by atoms with van der Waals surface area (Å²) in [6, 6.07) is 8.49. The second-order valence-corrected chi connectivity index (χ2v) is 3.95. The maximum absolute atomic E-state index is 3.41. The van der Waals surface area contributed by atoms with E-state index in [1.165, 1.54) is 17.7 Å². The summed E-state index contributed by atoms with van der Waals surface area (Å²) in [7, 11) is 4.21. The summed E-state index contributed by atoms with van der Waals surface area (Å²) in [6.07, 6.45) is 1.18. The zero-order chi connectivity index (χ0) is 10.4. The standard InChI is InChI=1S/C12H20N2/c1-11-6-4-7-12(10-11)13-8-5-9-14(2)3/h4,6-7,10,13H,5,8-9H2,1-3H3. The van der Waals surface area contributed by atoms with Crippen LogP contribution in [0.3, 0.4) is 0 Å². The first-order chi connectivity index (χ1) is 6.68. The minimum atomic E-state index is 1.04. The summed E-state index contributed by atoms with van der Waals surface area (Å²) in [4.78, 5) is 2.21. The van der Waals surface area contributed by atoms with E-state index in [2.05, 4.69) is 55.5 Å². The van der Waals surface area contributed by atoms with Crippen LogP contribution < -0.4 is 5.32 Å². The van der Waals surface area contributed by atoms with Gasteiger partial charge in [0, 0.05) is 12.2 Å². The van der Waals surface area contributed by atoms with Gasteiger partial charge in [-0.2, -0.15) is 0 Å². The molecule has 0 aliphatic heterocycles. The van der Waals surface area contributed by atoms with Gasteiger partial charge in [0.25, 0.3) is 0 Å². The number of hydrogen-bond donors (Lipinski definition) is 1. The molecule has 0 saturated heterocycles. The van der Waals surface area contributed by atoms with E-state index in [4.69, 9.17) is 0 Å². The van der Waals surface area contributed by atoms with Gasteiger partial charge in [0.15, 0.2) is 0 Å². The molecule has 1 rings (SSSR count). The Labute approximate surface area is 86.9 Å². The number of aryl methyl sites for hydroxylation is 1. The molecule has 78 valence electrons. The van der Waals surface area contributed by atoms with Crippen LogP contribution in [-0.2, 0) is 0 Å². The van der Waals surface area contributed by atoms with Crippen LogP contribution in [0.5, 0.6) is 0 Å². The fourth-order valence-corrected chi connectivity index (χ4v) is 1.38. The lowest BCUT2D eigenvalue weighted by Crippen LogP contribution is -2.16. The molecular weight excluding hydrogens is 172 g/mol. The molecule has 1 aromatic carbocycles. The Morgan fingerprint density at radius 2 is 2.07 bits per heavy atom. The molecule has 0 aliphatic rings. The van der Waals surface area contributed by atoms with Crippen molar-refractivity contribution in [3.05, 3.63) is 29.8 Å². The molecule has 0 fully saturated rings. The third kappa shape index (κ3) is 4.28. The lowest BCUT2D eigenvalue weighted by molar-refractivity contribution is 0.405. The minimum absolute atomic E-state index is 1.04. The lowest BCUT2D eigenvalue weighted by atomic mass is 10.2. The summed E-state index contributed by atoms with van der Waals surface area (Å²) in [5.41, 5.74) is 2.53. The first-order valence-electron chi connectivity index (χ1n) is 5.14. The van der Waals surface area contributed by atoms with Crippen LogP contribution in [0.2, 0.25) is 0 Å². The Balaban J connectivity index is 2.25. The first kappa shape index (κ1) is 11.1. The molecular formula is C12H20N2. The highest BCUT2D eigenvalue weighted by molar-refractivity contribution is 5.45. The number of nitrogens with one attached hydrogen (secondary N) is 1. The summed E-state index contributed by atoms with van der Waals surface area (Å²) in [5, 5.41) is 3.41. The summed E-state index contributed by atoms with van der Waals surface area (Å²) in [5.74, 6) is 0. The van der Waals surface area contributed by atoms with Crippen molar-refractivity contribution < 1.29 is 0 Å². The molecule has 0 unspecified atom stereocenters. The molecule has 1 aromatic rings. The van der Waals surface area contributed by atoms with Crippen LogP contribution in [0.25, 0.3) is 0 Å². The van der Waals surface area contributed by atoms with Gasteiger partial charge in [-0.05, 0) is 51.7 Å². The third-order valence-corrected chi connectivity index (χ3v) is 2.13. The predicted octanol–water partition coefficient (Wildman–Crippen LogP) is 2.36. The van der Waals surface area contributed by atoms with Crippen LogP contribution in [0.15, 0.2) is 24.3 Å². The van der Waals surface area contributed by atoms with E-state index >= 15 is 0 Å². The smallest absolute Gasteiger partial charge is 0.0342 e. The fraction of sp³-hybridized carbons (Fsp3) is 0.500. The highest BCUT2D eigenvalue weighted by atomic mass is 15.1. The zero-order valence-electron chi connectivity index (χ0n) is 9.38. The maximum Gasteiger partial charge on any atom is 0.0342 e. The zero-order valence-corrected chi connectivity index (χ0v) is 9.38.